The summed E-state index contributed by atoms with van der Waals surface area (Å²) in [6, 6.07) is 7.35. The lowest BCUT2D eigenvalue weighted by Gasteiger charge is -2.04. The van der Waals surface area contributed by atoms with E-state index < -0.39 is 0 Å². The summed E-state index contributed by atoms with van der Waals surface area (Å²) in [4.78, 5) is 21.8. The summed E-state index contributed by atoms with van der Waals surface area (Å²) in [6.07, 6.45) is 1.83. The molecule has 2 N–H and O–H groups in total. The number of rotatable bonds is 11. The number of carbonyl (C=O) groups is 2. The number of aldehydes is 1. The van der Waals surface area contributed by atoms with Crippen LogP contribution in [0.25, 0.3) is 0 Å². The molecule has 5 heteroatoms. The van der Waals surface area contributed by atoms with Gasteiger partial charge >= 0.3 is 0 Å². The largest absolute Gasteiger partial charge is 0.379 e. The lowest BCUT2D eigenvalue weighted by Crippen LogP contribution is -2.08. The van der Waals surface area contributed by atoms with Crippen molar-refractivity contribution in [2.45, 2.75) is 19.4 Å². The van der Waals surface area contributed by atoms with Gasteiger partial charge < -0.3 is 20.0 Å². The normalized spacial score (nSPS) is 10.4. The molecular formula is C15H21NO4. The van der Waals surface area contributed by atoms with Gasteiger partial charge in [-0.3, -0.25) is 4.79 Å². The molecule has 0 spiro atoms. The number of carbonyl (C=O) groups excluding carboxylic acids is 2. The molecule has 0 atom stereocenters. The van der Waals surface area contributed by atoms with E-state index in [9.17, 15) is 9.59 Å². The Morgan fingerprint density at radius 2 is 1.80 bits per heavy atom. The molecule has 0 saturated carbocycles. The second-order valence-electron chi connectivity index (χ2n) is 4.28. The monoisotopic (exact) mass is 279 g/mol. The lowest BCUT2D eigenvalue weighted by molar-refractivity contribution is -0.112. The molecule has 0 aliphatic carbocycles. The third-order valence-electron chi connectivity index (χ3n) is 2.76. The minimum atomic E-state index is 0.0979. The molecule has 5 nitrogen and oxygen atoms in total. The number of hydrogen-bond donors (Lipinski definition) is 1. The molecule has 0 fully saturated rings. The van der Waals surface area contributed by atoms with Gasteiger partial charge in [0.15, 0.2) is 5.78 Å². The first-order chi connectivity index (χ1) is 9.77. The van der Waals surface area contributed by atoms with Crippen LogP contribution in [-0.4, -0.2) is 38.5 Å². The van der Waals surface area contributed by atoms with E-state index in [0.717, 1.165) is 5.56 Å². The zero-order valence-electron chi connectivity index (χ0n) is 11.5. The third kappa shape index (κ3) is 6.56. The van der Waals surface area contributed by atoms with Crippen molar-refractivity contribution in [2.24, 2.45) is 5.73 Å². The molecule has 0 aliphatic rings. The maximum Gasteiger partial charge on any atom is 0.162 e. The SMILES string of the molecule is NCc1ccc(C(=O)CCCOCCOCC=O)cc1. The molecule has 0 unspecified atom stereocenters. The van der Waals surface area contributed by atoms with Crippen molar-refractivity contribution in [2.75, 3.05) is 26.4 Å². The summed E-state index contributed by atoms with van der Waals surface area (Å²) in [5.41, 5.74) is 7.22. The van der Waals surface area contributed by atoms with Crippen LogP contribution in [0, 0.1) is 0 Å². The van der Waals surface area contributed by atoms with Gasteiger partial charge in [-0.15, -0.1) is 0 Å². The molecule has 0 bridgehead atoms. The van der Waals surface area contributed by atoms with Gasteiger partial charge in [0.2, 0.25) is 0 Å². The Balaban J connectivity index is 2.11. The predicted octanol–water partition coefficient (Wildman–Crippen LogP) is 1.34. The summed E-state index contributed by atoms with van der Waals surface area (Å²) in [5.74, 6) is 0.106. The molecule has 20 heavy (non-hydrogen) atoms. The molecule has 0 saturated heterocycles. The highest BCUT2D eigenvalue weighted by molar-refractivity contribution is 5.96. The molecule has 0 aliphatic heterocycles. The van der Waals surface area contributed by atoms with E-state index in [0.29, 0.717) is 51.1 Å². The zero-order chi connectivity index (χ0) is 14.6. The first kappa shape index (κ1) is 16.5. The Hall–Kier alpha value is -1.56. The second-order valence-corrected chi connectivity index (χ2v) is 4.28. The molecule has 0 amide bonds. The van der Waals surface area contributed by atoms with E-state index in [2.05, 4.69) is 0 Å². The summed E-state index contributed by atoms with van der Waals surface area (Å²) >= 11 is 0. The van der Waals surface area contributed by atoms with Gasteiger partial charge in [-0.2, -0.15) is 0 Å². The number of ether oxygens (including phenoxy) is 2. The van der Waals surface area contributed by atoms with Gasteiger partial charge in [0.25, 0.3) is 0 Å². The fraction of sp³-hybridized carbons (Fsp3) is 0.467. The molecule has 1 aromatic rings. The van der Waals surface area contributed by atoms with E-state index in [4.69, 9.17) is 15.2 Å². The highest BCUT2D eigenvalue weighted by Gasteiger charge is 2.05. The number of nitrogens with two attached hydrogens (primary N) is 1. The average molecular weight is 279 g/mol. The first-order valence-electron chi connectivity index (χ1n) is 6.69. The van der Waals surface area contributed by atoms with E-state index in [1.807, 2.05) is 12.1 Å². The van der Waals surface area contributed by atoms with Crippen LogP contribution in [0.2, 0.25) is 0 Å². The van der Waals surface area contributed by atoms with Crippen LogP contribution >= 0.6 is 0 Å². The Kier molecular flexibility index (Phi) is 8.46. The molecular weight excluding hydrogens is 258 g/mol. The van der Waals surface area contributed by atoms with Crippen LogP contribution in [-0.2, 0) is 20.8 Å². The summed E-state index contributed by atoms with van der Waals surface area (Å²) in [5, 5.41) is 0. The minimum Gasteiger partial charge on any atom is -0.379 e. The Labute approximate surface area is 119 Å². The van der Waals surface area contributed by atoms with Gasteiger partial charge in [0.1, 0.15) is 12.9 Å². The van der Waals surface area contributed by atoms with Gasteiger partial charge in [-0.1, -0.05) is 24.3 Å². The quantitative estimate of drug-likeness (QED) is 0.376. The van der Waals surface area contributed by atoms with Crippen LogP contribution in [0.15, 0.2) is 24.3 Å². The van der Waals surface area contributed by atoms with Gasteiger partial charge in [0.05, 0.1) is 13.2 Å². The van der Waals surface area contributed by atoms with E-state index in [1.54, 1.807) is 12.1 Å². The highest BCUT2D eigenvalue weighted by atomic mass is 16.5. The summed E-state index contributed by atoms with van der Waals surface area (Å²) in [7, 11) is 0. The van der Waals surface area contributed by atoms with Crippen molar-refractivity contribution in [3.63, 3.8) is 0 Å². The topological polar surface area (TPSA) is 78.6 Å². The Morgan fingerprint density at radius 3 is 2.45 bits per heavy atom. The minimum absolute atomic E-state index is 0.0979. The molecule has 1 rings (SSSR count). The third-order valence-corrected chi connectivity index (χ3v) is 2.76. The molecule has 110 valence electrons. The Morgan fingerprint density at radius 1 is 1.10 bits per heavy atom. The van der Waals surface area contributed by atoms with Crippen molar-refractivity contribution >= 4 is 12.1 Å². The molecule has 0 radical (unpaired) electrons. The van der Waals surface area contributed by atoms with Gasteiger partial charge in [-0.25, -0.2) is 0 Å². The summed E-state index contributed by atoms with van der Waals surface area (Å²) in [6.45, 7) is 1.92. The predicted molar refractivity (Wildman–Crippen MR) is 75.6 cm³/mol. The fourth-order valence-electron chi connectivity index (χ4n) is 1.66. The second kappa shape index (κ2) is 10.3. The number of ketones is 1. The van der Waals surface area contributed by atoms with Crippen LogP contribution in [0.1, 0.15) is 28.8 Å². The van der Waals surface area contributed by atoms with Crippen LogP contribution < -0.4 is 5.73 Å². The fourth-order valence-corrected chi connectivity index (χ4v) is 1.66. The van der Waals surface area contributed by atoms with E-state index >= 15 is 0 Å². The number of hydrogen-bond acceptors (Lipinski definition) is 5. The van der Waals surface area contributed by atoms with Crippen LogP contribution in [0.5, 0.6) is 0 Å². The van der Waals surface area contributed by atoms with Crippen molar-refractivity contribution in [3.05, 3.63) is 35.4 Å². The van der Waals surface area contributed by atoms with Gasteiger partial charge in [-0.05, 0) is 12.0 Å². The van der Waals surface area contributed by atoms with Crippen molar-refractivity contribution < 1.29 is 19.1 Å². The van der Waals surface area contributed by atoms with Gasteiger partial charge in [0, 0.05) is 25.1 Å². The van der Waals surface area contributed by atoms with E-state index in [-0.39, 0.29) is 12.4 Å². The molecule has 0 aromatic heterocycles. The maximum atomic E-state index is 11.9. The van der Waals surface area contributed by atoms with Crippen molar-refractivity contribution in [3.8, 4) is 0 Å². The molecule has 1 aromatic carbocycles. The smallest absolute Gasteiger partial charge is 0.162 e. The van der Waals surface area contributed by atoms with Crippen LogP contribution in [0.3, 0.4) is 0 Å². The number of benzene rings is 1. The highest BCUT2D eigenvalue weighted by Crippen LogP contribution is 2.08. The van der Waals surface area contributed by atoms with E-state index in [1.165, 1.54) is 0 Å². The standard InChI is InChI=1S/C15H21NO4/c16-12-13-3-5-14(6-4-13)15(18)2-1-8-19-10-11-20-9-7-17/h3-7H,1-2,8-12,16H2. The molecule has 0 heterocycles. The Bertz CT molecular complexity index is 403. The summed E-state index contributed by atoms with van der Waals surface area (Å²) < 4.78 is 10.2. The average Bonchev–Trinajstić information content (AvgIpc) is 2.50. The van der Waals surface area contributed by atoms with Crippen molar-refractivity contribution in [1.29, 1.82) is 0 Å². The lowest BCUT2D eigenvalue weighted by atomic mass is 10.1. The van der Waals surface area contributed by atoms with Crippen LogP contribution in [0.4, 0.5) is 0 Å². The zero-order valence-corrected chi connectivity index (χ0v) is 11.5. The van der Waals surface area contributed by atoms with Crippen molar-refractivity contribution in [1.82, 2.24) is 0 Å². The first-order valence-corrected chi connectivity index (χ1v) is 6.69. The maximum absolute atomic E-state index is 11.9. The number of Topliss-reactive ketones (excluding diaryl/α,β-unsaturated/α-hetero) is 1.